The fourth-order valence-corrected chi connectivity index (χ4v) is 3.08. The van der Waals surface area contributed by atoms with Gasteiger partial charge in [0.05, 0.1) is 0 Å². The Kier molecular flexibility index (Phi) is 3.56. The number of piperazine rings is 1. The highest BCUT2D eigenvalue weighted by Crippen LogP contribution is 2.36. The first-order chi connectivity index (χ1) is 10.9. The van der Waals surface area contributed by atoms with Gasteiger partial charge in [0.1, 0.15) is 0 Å². The van der Waals surface area contributed by atoms with Crippen LogP contribution in [-0.2, 0) is 6.54 Å². The zero-order chi connectivity index (χ0) is 14.8. The molecule has 0 N–H and O–H groups in total. The number of fused-ring (bicyclic) bond motifs is 1. The average Bonchev–Trinajstić information content (AvgIpc) is 3.06. The summed E-state index contributed by atoms with van der Waals surface area (Å²) in [6.45, 7) is 5.42. The van der Waals surface area contributed by atoms with Crippen LogP contribution in [-0.4, -0.2) is 42.9 Å². The molecule has 0 amide bonds. The molecule has 0 atom stereocenters. The maximum Gasteiger partial charge on any atom is 0.231 e. The maximum absolute atomic E-state index is 5.60. The smallest absolute Gasteiger partial charge is 0.231 e. The highest BCUT2D eigenvalue weighted by Gasteiger charge is 2.21. The second-order valence-corrected chi connectivity index (χ2v) is 5.62. The zero-order valence-electron chi connectivity index (χ0n) is 12.4. The summed E-state index contributed by atoms with van der Waals surface area (Å²) in [6, 6.07) is 10.3. The van der Waals surface area contributed by atoms with E-state index in [0.717, 1.165) is 44.2 Å². The number of pyridine rings is 1. The van der Waals surface area contributed by atoms with Gasteiger partial charge in [-0.2, -0.15) is 0 Å². The van der Waals surface area contributed by atoms with E-state index < -0.39 is 0 Å². The minimum Gasteiger partial charge on any atom is -0.454 e. The van der Waals surface area contributed by atoms with E-state index in [1.807, 2.05) is 24.5 Å². The molecule has 0 saturated carbocycles. The van der Waals surface area contributed by atoms with Gasteiger partial charge in [0, 0.05) is 56.4 Å². The van der Waals surface area contributed by atoms with Crippen LogP contribution in [0.5, 0.6) is 11.5 Å². The predicted molar refractivity (Wildman–Crippen MR) is 84.3 cm³/mol. The van der Waals surface area contributed by atoms with E-state index in [-0.39, 0.29) is 0 Å². The van der Waals surface area contributed by atoms with Gasteiger partial charge in [0.2, 0.25) is 6.79 Å². The Morgan fingerprint density at radius 2 is 1.77 bits per heavy atom. The minimum atomic E-state index is 0.335. The molecule has 1 fully saturated rings. The van der Waals surface area contributed by atoms with Crippen LogP contribution in [0.2, 0.25) is 0 Å². The van der Waals surface area contributed by atoms with Crippen LogP contribution >= 0.6 is 0 Å². The molecule has 0 radical (unpaired) electrons. The van der Waals surface area contributed by atoms with Crippen LogP contribution in [0.15, 0.2) is 42.7 Å². The van der Waals surface area contributed by atoms with Gasteiger partial charge in [-0.05, 0) is 18.2 Å². The number of aromatic nitrogens is 1. The Hall–Kier alpha value is -2.27. The van der Waals surface area contributed by atoms with Crippen LogP contribution in [0.25, 0.3) is 0 Å². The third kappa shape index (κ3) is 2.60. The first kappa shape index (κ1) is 13.4. The summed E-state index contributed by atoms with van der Waals surface area (Å²) in [5.41, 5.74) is 2.47. The van der Waals surface area contributed by atoms with E-state index in [4.69, 9.17) is 9.47 Å². The van der Waals surface area contributed by atoms with Crippen molar-refractivity contribution in [3.05, 3.63) is 48.3 Å². The first-order valence-corrected chi connectivity index (χ1v) is 7.65. The van der Waals surface area contributed by atoms with E-state index in [0.29, 0.717) is 6.79 Å². The second kappa shape index (κ2) is 5.85. The summed E-state index contributed by atoms with van der Waals surface area (Å²) in [5.74, 6) is 1.78. The molecule has 5 heteroatoms. The highest BCUT2D eigenvalue weighted by atomic mass is 16.7. The van der Waals surface area contributed by atoms with Gasteiger partial charge < -0.3 is 14.4 Å². The number of benzene rings is 1. The summed E-state index contributed by atoms with van der Waals surface area (Å²) >= 11 is 0. The van der Waals surface area contributed by atoms with Gasteiger partial charge in [-0.25, -0.2) is 0 Å². The normalized spacial score (nSPS) is 17.7. The molecule has 2 aromatic rings. The fraction of sp³-hybridized carbons (Fsp3) is 0.353. The summed E-state index contributed by atoms with van der Waals surface area (Å²) in [5, 5.41) is 0. The maximum atomic E-state index is 5.60. The molecule has 4 rings (SSSR count). The van der Waals surface area contributed by atoms with E-state index >= 15 is 0 Å². The van der Waals surface area contributed by atoms with E-state index in [9.17, 15) is 0 Å². The van der Waals surface area contributed by atoms with Crippen LogP contribution in [0.3, 0.4) is 0 Å². The van der Waals surface area contributed by atoms with E-state index in [1.54, 1.807) is 0 Å². The molecule has 2 aliphatic rings. The molecule has 0 bridgehead atoms. The monoisotopic (exact) mass is 297 g/mol. The molecule has 0 spiro atoms. The van der Waals surface area contributed by atoms with Gasteiger partial charge in [0.25, 0.3) is 0 Å². The molecule has 1 aromatic heterocycles. The summed E-state index contributed by atoms with van der Waals surface area (Å²) in [4.78, 5) is 8.96. The van der Waals surface area contributed by atoms with Crippen molar-refractivity contribution in [1.82, 2.24) is 9.88 Å². The van der Waals surface area contributed by atoms with Crippen LogP contribution < -0.4 is 14.4 Å². The Labute approximate surface area is 130 Å². The third-order valence-corrected chi connectivity index (χ3v) is 4.27. The quantitative estimate of drug-likeness (QED) is 0.867. The number of nitrogens with zero attached hydrogens (tertiary/aromatic N) is 3. The SMILES string of the molecule is c1cc(CN2CCN(c3ccncc3)CC2)c2c(c1)OCO2. The number of hydrogen-bond donors (Lipinski definition) is 0. The van der Waals surface area contributed by atoms with Crippen molar-refractivity contribution < 1.29 is 9.47 Å². The van der Waals surface area contributed by atoms with Crippen molar-refractivity contribution in [2.45, 2.75) is 6.54 Å². The second-order valence-electron chi connectivity index (χ2n) is 5.62. The molecule has 0 aliphatic carbocycles. The lowest BCUT2D eigenvalue weighted by atomic mass is 10.1. The average molecular weight is 297 g/mol. The lowest BCUT2D eigenvalue weighted by molar-refractivity contribution is 0.171. The first-order valence-electron chi connectivity index (χ1n) is 7.65. The Bertz CT molecular complexity index is 640. The molecule has 114 valence electrons. The van der Waals surface area contributed by atoms with Gasteiger partial charge in [0.15, 0.2) is 11.5 Å². The van der Waals surface area contributed by atoms with Crippen molar-refractivity contribution in [3.63, 3.8) is 0 Å². The van der Waals surface area contributed by atoms with Crippen molar-refractivity contribution in [1.29, 1.82) is 0 Å². The molecule has 22 heavy (non-hydrogen) atoms. The molecule has 2 aliphatic heterocycles. The van der Waals surface area contributed by atoms with Gasteiger partial charge in [-0.1, -0.05) is 12.1 Å². The van der Waals surface area contributed by atoms with Crippen molar-refractivity contribution in [2.24, 2.45) is 0 Å². The van der Waals surface area contributed by atoms with Gasteiger partial charge >= 0.3 is 0 Å². The van der Waals surface area contributed by atoms with Crippen molar-refractivity contribution in [3.8, 4) is 11.5 Å². The topological polar surface area (TPSA) is 37.8 Å². The van der Waals surface area contributed by atoms with Crippen LogP contribution in [0.1, 0.15) is 5.56 Å². The molecule has 1 aromatic carbocycles. The lowest BCUT2D eigenvalue weighted by Crippen LogP contribution is -2.46. The summed E-state index contributed by atoms with van der Waals surface area (Å²) in [7, 11) is 0. The summed E-state index contributed by atoms with van der Waals surface area (Å²) in [6.07, 6.45) is 3.71. The Balaban J connectivity index is 1.40. The Morgan fingerprint density at radius 1 is 0.955 bits per heavy atom. The van der Waals surface area contributed by atoms with Crippen molar-refractivity contribution in [2.75, 3.05) is 37.9 Å². The fourth-order valence-electron chi connectivity index (χ4n) is 3.08. The molecule has 1 saturated heterocycles. The molecule has 5 nitrogen and oxygen atoms in total. The highest BCUT2D eigenvalue weighted by molar-refractivity contribution is 5.48. The Morgan fingerprint density at radius 3 is 2.59 bits per heavy atom. The summed E-state index contributed by atoms with van der Waals surface area (Å²) < 4.78 is 11.0. The number of para-hydroxylation sites is 1. The lowest BCUT2D eigenvalue weighted by Gasteiger charge is -2.36. The van der Waals surface area contributed by atoms with E-state index in [2.05, 4.69) is 33.0 Å². The van der Waals surface area contributed by atoms with Crippen LogP contribution in [0, 0.1) is 0 Å². The molecular formula is C17H19N3O2. The standard InChI is InChI=1S/C17H19N3O2/c1-2-14(17-16(3-1)21-13-22-17)12-19-8-10-20(11-9-19)15-4-6-18-7-5-15/h1-7H,8-13H2. The number of anilines is 1. The van der Waals surface area contributed by atoms with E-state index in [1.165, 1.54) is 11.3 Å². The van der Waals surface area contributed by atoms with Gasteiger partial charge in [-0.3, -0.25) is 9.88 Å². The van der Waals surface area contributed by atoms with Gasteiger partial charge in [-0.15, -0.1) is 0 Å². The van der Waals surface area contributed by atoms with Crippen molar-refractivity contribution >= 4 is 5.69 Å². The predicted octanol–water partition coefficient (Wildman–Crippen LogP) is 2.13. The van der Waals surface area contributed by atoms with Crippen LogP contribution in [0.4, 0.5) is 5.69 Å². The minimum absolute atomic E-state index is 0.335. The molecule has 3 heterocycles. The largest absolute Gasteiger partial charge is 0.454 e. The number of rotatable bonds is 3. The molecular weight excluding hydrogens is 278 g/mol. The zero-order valence-corrected chi connectivity index (χ0v) is 12.4. The molecule has 0 unspecified atom stereocenters. The number of hydrogen-bond acceptors (Lipinski definition) is 5. The third-order valence-electron chi connectivity index (χ3n) is 4.27. The number of ether oxygens (including phenoxy) is 2.